The number of hydrogen-bond donors (Lipinski definition) is 0. The molecule has 0 aliphatic heterocycles. The third kappa shape index (κ3) is 3.61. The van der Waals surface area contributed by atoms with Crippen molar-refractivity contribution in [3.8, 4) is 11.1 Å². The van der Waals surface area contributed by atoms with E-state index in [1.807, 2.05) is 12.1 Å². The Morgan fingerprint density at radius 2 is 1.90 bits per heavy atom. The van der Waals surface area contributed by atoms with E-state index in [9.17, 15) is 4.79 Å². The summed E-state index contributed by atoms with van der Waals surface area (Å²) in [6.07, 6.45) is 2.43. The lowest BCUT2D eigenvalue weighted by Gasteiger charge is -2.08. The number of methoxy groups -OCH3 is 1. The third-order valence-electron chi connectivity index (χ3n) is 4.73. The molecule has 0 aliphatic carbocycles. The molecule has 0 saturated carbocycles. The molecule has 0 fully saturated rings. The van der Waals surface area contributed by atoms with Gasteiger partial charge in [-0.2, -0.15) is 9.61 Å². The lowest BCUT2D eigenvalue weighted by molar-refractivity contribution is 0.181. The van der Waals surface area contributed by atoms with Crippen LogP contribution in [0.15, 0.2) is 35.4 Å². The van der Waals surface area contributed by atoms with Crippen molar-refractivity contribution < 1.29 is 4.74 Å². The molecule has 1 aromatic carbocycles. The van der Waals surface area contributed by atoms with Crippen molar-refractivity contribution in [1.82, 2.24) is 29.4 Å². The molecule has 150 valence electrons. The molecule has 8 nitrogen and oxygen atoms in total. The molecular weight excluding hydrogens is 392 g/mol. The fraction of sp³-hybridized carbons (Fsp3) is 0.350. The summed E-state index contributed by atoms with van der Waals surface area (Å²) in [5, 5.41) is 13.8. The zero-order chi connectivity index (χ0) is 20.5. The van der Waals surface area contributed by atoms with Gasteiger partial charge in [0.1, 0.15) is 6.33 Å². The van der Waals surface area contributed by atoms with Gasteiger partial charge in [0, 0.05) is 18.7 Å². The number of halogens is 1. The van der Waals surface area contributed by atoms with Crippen LogP contribution in [0, 0.1) is 5.92 Å². The van der Waals surface area contributed by atoms with E-state index in [1.54, 1.807) is 34.7 Å². The van der Waals surface area contributed by atoms with Gasteiger partial charge in [0.05, 0.1) is 17.9 Å². The monoisotopic (exact) mass is 412 g/mol. The van der Waals surface area contributed by atoms with Gasteiger partial charge in [-0.05, 0) is 30.0 Å². The Labute approximate surface area is 172 Å². The molecule has 3 heterocycles. The number of hydrogen-bond acceptors (Lipinski definition) is 6. The van der Waals surface area contributed by atoms with Crippen molar-refractivity contribution in [3.63, 3.8) is 0 Å². The van der Waals surface area contributed by atoms with Crippen LogP contribution < -0.4 is 5.56 Å². The van der Waals surface area contributed by atoms with Crippen LogP contribution in [0.2, 0.25) is 5.02 Å². The zero-order valence-electron chi connectivity index (χ0n) is 16.5. The summed E-state index contributed by atoms with van der Waals surface area (Å²) in [6.45, 7) is 5.10. The van der Waals surface area contributed by atoms with Gasteiger partial charge >= 0.3 is 0 Å². The van der Waals surface area contributed by atoms with Gasteiger partial charge in [-0.25, -0.2) is 4.98 Å². The molecule has 0 radical (unpaired) electrons. The van der Waals surface area contributed by atoms with E-state index in [0.29, 0.717) is 34.5 Å². The Morgan fingerprint density at radius 1 is 1.14 bits per heavy atom. The van der Waals surface area contributed by atoms with Crippen molar-refractivity contribution in [2.24, 2.45) is 5.92 Å². The first-order valence-electron chi connectivity index (χ1n) is 9.38. The molecule has 3 aromatic heterocycles. The van der Waals surface area contributed by atoms with E-state index < -0.39 is 0 Å². The Bertz CT molecular complexity index is 1230. The minimum Gasteiger partial charge on any atom is -0.378 e. The van der Waals surface area contributed by atoms with Gasteiger partial charge in [0.25, 0.3) is 5.56 Å². The molecule has 0 N–H and O–H groups in total. The van der Waals surface area contributed by atoms with Crippen LogP contribution in [0.1, 0.15) is 26.0 Å². The SMILES string of the molecule is COCc1nn2c(nnc3c(=O)n(CCC(C)C)cnc32)c1-c1ccc(Cl)cc1. The molecule has 0 saturated heterocycles. The van der Waals surface area contributed by atoms with Crippen molar-refractivity contribution in [3.05, 3.63) is 51.7 Å². The van der Waals surface area contributed by atoms with Crippen molar-refractivity contribution in [1.29, 1.82) is 0 Å². The van der Waals surface area contributed by atoms with Crippen LogP contribution in [-0.4, -0.2) is 36.5 Å². The van der Waals surface area contributed by atoms with Crippen LogP contribution in [0.5, 0.6) is 0 Å². The number of nitrogens with zero attached hydrogens (tertiary/aromatic N) is 6. The predicted octanol–water partition coefficient (Wildman–Crippen LogP) is 3.35. The van der Waals surface area contributed by atoms with Crippen LogP contribution in [0.4, 0.5) is 0 Å². The average molecular weight is 413 g/mol. The smallest absolute Gasteiger partial charge is 0.283 e. The van der Waals surface area contributed by atoms with E-state index in [0.717, 1.165) is 17.5 Å². The number of ether oxygens (including phenoxy) is 1. The Hall–Kier alpha value is -2.84. The second kappa shape index (κ2) is 7.88. The maximum absolute atomic E-state index is 12.8. The van der Waals surface area contributed by atoms with Gasteiger partial charge in [-0.3, -0.25) is 9.36 Å². The van der Waals surface area contributed by atoms with Crippen molar-refractivity contribution >= 4 is 28.4 Å². The first-order chi connectivity index (χ1) is 14.0. The summed E-state index contributed by atoms with van der Waals surface area (Å²) in [7, 11) is 1.60. The second-order valence-electron chi connectivity index (χ2n) is 7.29. The van der Waals surface area contributed by atoms with E-state index in [-0.39, 0.29) is 17.7 Å². The van der Waals surface area contributed by atoms with Gasteiger partial charge in [0.15, 0.2) is 16.8 Å². The number of fused-ring (bicyclic) bond motifs is 3. The quantitative estimate of drug-likeness (QED) is 0.482. The van der Waals surface area contributed by atoms with Crippen molar-refractivity contribution in [2.45, 2.75) is 33.4 Å². The van der Waals surface area contributed by atoms with E-state index >= 15 is 0 Å². The Kier molecular flexibility index (Phi) is 5.29. The molecule has 0 amide bonds. The molecule has 0 atom stereocenters. The van der Waals surface area contributed by atoms with Crippen LogP contribution >= 0.6 is 11.6 Å². The first kappa shape index (κ1) is 19.5. The fourth-order valence-electron chi connectivity index (χ4n) is 3.21. The molecule has 0 spiro atoms. The molecule has 4 rings (SSSR count). The summed E-state index contributed by atoms with van der Waals surface area (Å²) in [5.74, 6) is 0.482. The third-order valence-corrected chi connectivity index (χ3v) is 4.99. The summed E-state index contributed by atoms with van der Waals surface area (Å²) in [6, 6.07) is 7.39. The highest BCUT2D eigenvalue weighted by molar-refractivity contribution is 6.30. The lowest BCUT2D eigenvalue weighted by Crippen LogP contribution is -2.23. The van der Waals surface area contributed by atoms with Crippen LogP contribution in [0.25, 0.3) is 27.9 Å². The van der Waals surface area contributed by atoms with E-state index in [4.69, 9.17) is 16.3 Å². The Balaban J connectivity index is 1.92. The summed E-state index contributed by atoms with van der Waals surface area (Å²) < 4.78 is 8.45. The highest BCUT2D eigenvalue weighted by Crippen LogP contribution is 2.29. The number of benzene rings is 1. The highest BCUT2D eigenvalue weighted by atomic mass is 35.5. The second-order valence-corrected chi connectivity index (χ2v) is 7.73. The fourth-order valence-corrected chi connectivity index (χ4v) is 3.34. The van der Waals surface area contributed by atoms with Crippen LogP contribution in [0.3, 0.4) is 0 Å². The molecule has 0 unspecified atom stereocenters. The summed E-state index contributed by atoms with van der Waals surface area (Å²) in [5.41, 5.74) is 3.21. The number of aromatic nitrogens is 6. The Morgan fingerprint density at radius 3 is 2.59 bits per heavy atom. The van der Waals surface area contributed by atoms with Gasteiger partial charge in [-0.1, -0.05) is 37.6 Å². The van der Waals surface area contributed by atoms with Gasteiger partial charge < -0.3 is 4.74 Å². The lowest BCUT2D eigenvalue weighted by atomic mass is 10.1. The van der Waals surface area contributed by atoms with E-state index in [2.05, 4.69) is 34.1 Å². The molecule has 4 aromatic rings. The molecule has 9 heteroatoms. The minimum absolute atomic E-state index is 0.192. The average Bonchev–Trinajstić information content (AvgIpc) is 3.07. The summed E-state index contributed by atoms with van der Waals surface area (Å²) in [4.78, 5) is 17.3. The predicted molar refractivity (Wildman–Crippen MR) is 111 cm³/mol. The molecule has 29 heavy (non-hydrogen) atoms. The van der Waals surface area contributed by atoms with Gasteiger partial charge in [0.2, 0.25) is 0 Å². The highest BCUT2D eigenvalue weighted by Gasteiger charge is 2.20. The molecule has 0 bridgehead atoms. The van der Waals surface area contributed by atoms with Gasteiger partial charge in [-0.15, -0.1) is 10.2 Å². The van der Waals surface area contributed by atoms with E-state index in [1.165, 1.54) is 0 Å². The molecular formula is C20H21ClN6O2. The zero-order valence-corrected chi connectivity index (χ0v) is 17.2. The minimum atomic E-state index is -0.220. The van der Waals surface area contributed by atoms with Crippen molar-refractivity contribution in [2.75, 3.05) is 7.11 Å². The first-order valence-corrected chi connectivity index (χ1v) is 9.75. The maximum Gasteiger partial charge on any atom is 0.283 e. The maximum atomic E-state index is 12.8. The largest absolute Gasteiger partial charge is 0.378 e. The standard InChI is InChI=1S/C20H21ClN6O2/c1-12(2)8-9-26-11-22-19-17(20(26)28)23-24-18-16(13-4-6-14(21)7-5-13)15(10-29-3)25-27(18)19/h4-7,11-12H,8-10H2,1-3H3. The topological polar surface area (TPSA) is 87.2 Å². The summed E-state index contributed by atoms with van der Waals surface area (Å²) >= 11 is 6.03. The van der Waals surface area contributed by atoms with Crippen LogP contribution in [-0.2, 0) is 17.9 Å². The molecule has 0 aliphatic rings. The normalized spacial score (nSPS) is 11.8. The number of aryl methyl sites for hydroxylation is 1. The number of rotatable bonds is 6.